The third-order valence-corrected chi connectivity index (χ3v) is 8.43. The van der Waals surface area contributed by atoms with Crippen LogP contribution in [0.25, 0.3) is 0 Å². The number of methoxy groups -OCH3 is 1. The molecule has 1 aliphatic heterocycles. The van der Waals surface area contributed by atoms with Crippen LogP contribution in [0.4, 0.5) is 0 Å². The standard InChI is InChI=1S/C24H36N2O6S/c1-18(23(27)25-17-19-10-6-5-7-11-19)32-24(28)21-16-20(12-13-22(21)31-2)33(29,30)26-14-8-3-4-9-15-26/h12-13,16,18-19H,3-11,14-15,17H2,1-2H3,(H,25,27). The minimum Gasteiger partial charge on any atom is -0.496 e. The highest BCUT2D eigenvalue weighted by atomic mass is 32.2. The molecule has 1 heterocycles. The Morgan fingerprint density at radius 2 is 1.70 bits per heavy atom. The van der Waals surface area contributed by atoms with E-state index in [9.17, 15) is 18.0 Å². The number of carbonyl (C=O) groups is 2. The van der Waals surface area contributed by atoms with Crippen molar-refractivity contribution in [1.29, 1.82) is 0 Å². The number of nitrogens with zero attached hydrogens (tertiary/aromatic N) is 1. The van der Waals surface area contributed by atoms with E-state index in [1.54, 1.807) is 0 Å². The van der Waals surface area contributed by atoms with E-state index in [1.807, 2.05) is 0 Å². The number of ether oxygens (including phenoxy) is 2. The van der Waals surface area contributed by atoms with Crippen molar-refractivity contribution in [1.82, 2.24) is 9.62 Å². The zero-order chi connectivity index (χ0) is 23.8. The monoisotopic (exact) mass is 480 g/mol. The molecule has 1 atom stereocenters. The van der Waals surface area contributed by atoms with Gasteiger partial charge in [0.25, 0.3) is 5.91 Å². The van der Waals surface area contributed by atoms with Crippen molar-refractivity contribution in [3.8, 4) is 5.75 Å². The van der Waals surface area contributed by atoms with Gasteiger partial charge in [-0.3, -0.25) is 4.79 Å². The molecule has 33 heavy (non-hydrogen) atoms. The fourth-order valence-corrected chi connectivity index (χ4v) is 6.04. The molecule has 0 aromatic heterocycles. The first kappa shape index (κ1) is 25.5. The number of carbonyl (C=O) groups excluding carboxylic acids is 2. The number of esters is 1. The van der Waals surface area contributed by atoms with Crippen LogP contribution >= 0.6 is 0 Å². The Balaban J connectivity index is 1.68. The van der Waals surface area contributed by atoms with Crippen LogP contribution in [0.3, 0.4) is 0 Å². The number of rotatable bonds is 8. The number of benzene rings is 1. The summed E-state index contributed by atoms with van der Waals surface area (Å²) < 4.78 is 38.4. The predicted octanol–water partition coefficient (Wildman–Crippen LogP) is 3.50. The molecule has 8 nitrogen and oxygen atoms in total. The topological polar surface area (TPSA) is 102 Å². The Hall–Kier alpha value is -2.13. The van der Waals surface area contributed by atoms with Crippen LogP contribution in [-0.2, 0) is 19.6 Å². The summed E-state index contributed by atoms with van der Waals surface area (Å²) in [5, 5.41) is 2.87. The maximum Gasteiger partial charge on any atom is 0.342 e. The number of hydrogen-bond donors (Lipinski definition) is 1. The molecule has 3 rings (SSSR count). The number of sulfonamides is 1. The summed E-state index contributed by atoms with van der Waals surface area (Å²) in [6.07, 6.45) is 8.45. The van der Waals surface area contributed by atoms with E-state index in [4.69, 9.17) is 9.47 Å². The van der Waals surface area contributed by atoms with Gasteiger partial charge < -0.3 is 14.8 Å². The van der Waals surface area contributed by atoms with E-state index in [2.05, 4.69) is 5.32 Å². The molecule has 1 aromatic rings. The summed E-state index contributed by atoms with van der Waals surface area (Å²) in [5.74, 6) is -0.488. The minimum absolute atomic E-state index is 0.0136. The molecule has 0 radical (unpaired) electrons. The Kier molecular flexibility index (Phi) is 9.14. The highest BCUT2D eigenvalue weighted by Crippen LogP contribution is 2.27. The number of nitrogens with one attached hydrogen (secondary N) is 1. The Bertz CT molecular complexity index is 919. The zero-order valence-corrected chi connectivity index (χ0v) is 20.5. The Labute approximate surface area is 197 Å². The molecule has 9 heteroatoms. The number of hydrogen-bond acceptors (Lipinski definition) is 6. The van der Waals surface area contributed by atoms with Gasteiger partial charge in [-0.1, -0.05) is 32.1 Å². The minimum atomic E-state index is -3.74. The third-order valence-electron chi connectivity index (χ3n) is 6.54. The Morgan fingerprint density at radius 3 is 2.33 bits per heavy atom. The summed E-state index contributed by atoms with van der Waals surface area (Å²) in [6, 6.07) is 4.18. The van der Waals surface area contributed by atoms with Crippen LogP contribution in [0.15, 0.2) is 23.1 Å². The predicted molar refractivity (Wildman–Crippen MR) is 125 cm³/mol. The van der Waals surface area contributed by atoms with Crippen LogP contribution in [-0.4, -0.2) is 57.4 Å². The van der Waals surface area contributed by atoms with Crippen LogP contribution in [0, 0.1) is 5.92 Å². The normalized spacial score (nSPS) is 19.3. The average Bonchev–Trinajstić information content (AvgIpc) is 3.13. The zero-order valence-electron chi connectivity index (χ0n) is 19.7. The van der Waals surface area contributed by atoms with E-state index in [0.717, 1.165) is 38.5 Å². The molecule has 1 N–H and O–H groups in total. The van der Waals surface area contributed by atoms with Crippen LogP contribution in [0.1, 0.15) is 75.1 Å². The van der Waals surface area contributed by atoms with E-state index < -0.39 is 22.1 Å². The highest BCUT2D eigenvalue weighted by Gasteiger charge is 2.28. The second-order valence-electron chi connectivity index (χ2n) is 8.98. The molecule has 1 saturated heterocycles. The summed E-state index contributed by atoms with van der Waals surface area (Å²) in [6.45, 7) is 3.02. The first-order valence-electron chi connectivity index (χ1n) is 12.0. The lowest BCUT2D eigenvalue weighted by Crippen LogP contribution is -2.38. The third kappa shape index (κ3) is 6.69. The first-order chi connectivity index (χ1) is 15.8. The molecule has 1 aliphatic carbocycles. The molecule has 1 unspecified atom stereocenters. The fraction of sp³-hybridized carbons (Fsp3) is 0.667. The largest absolute Gasteiger partial charge is 0.496 e. The molecule has 184 valence electrons. The number of amides is 1. The van der Waals surface area contributed by atoms with Crippen LogP contribution in [0.2, 0.25) is 0 Å². The second kappa shape index (κ2) is 11.8. The van der Waals surface area contributed by atoms with Gasteiger partial charge in [-0.05, 0) is 56.7 Å². The lowest BCUT2D eigenvalue weighted by molar-refractivity contribution is -0.129. The average molecular weight is 481 g/mol. The van der Waals surface area contributed by atoms with E-state index in [0.29, 0.717) is 25.6 Å². The molecular weight excluding hydrogens is 444 g/mol. The lowest BCUT2D eigenvalue weighted by Gasteiger charge is -2.23. The van der Waals surface area contributed by atoms with Gasteiger partial charge in [0.05, 0.1) is 12.0 Å². The maximum atomic E-state index is 13.1. The quantitative estimate of drug-likeness (QED) is 0.572. The first-order valence-corrected chi connectivity index (χ1v) is 13.4. The van der Waals surface area contributed by atoms with Gasteiger partial charge in [0.2, 0.25) is 10.0 Å². The second-order valence-corrected chi connectivity index (χ2v) is 10.9. The molecule has 1 aromatic carbocycles. The molecular formula is C24H36N2O6S. The van der Waals surface area contributed by atoms with Gasteiger partial charge in [0, 0.05) is 19.6 Å². The summed E-state index contributed by atoms with van der Waals surface area (Å²) in [5.41, 5.74) is -0.0136. The van der Waals surface area contributed by atoms with Gasteiger partial charge in [0.15, 0.2) is 6.10 Å². The van der Waals surface area contributed by atoms with Crippen LogP contribution in [0.5, 0.6) is 5.75 Å². The van der Waals surface area contributed by atoms with E-state index in [-0.39, 0.29) is 22.1 Å². The van der Waals surface area contributed by atoms with Crippen molar-refractivity contribution in [2.45, 2.75) is 75.7 Å². The summed E-state index contributed by atoms with van der Waals surface area (Å²) in [4.78, 5) is 25.3. The van der Waals surface area contributed by atoms with Crippen molar-refractivity contribution in [2.24, 2.45) is 5.92 Å². The molecule has 1 amide bonds. The van der Waals surface area contributed by atoms with Crippen molar-refractivity contribution in [3.63, 3.8) is 0 Å². The molecule has 2 aliphatic rings. The summed E-state index contributed by atoms with van der Waals surface area (Å²) >= 11 is 0. The molecule has 1 saturated carbocycles. The van der Waals surface area contributed by atoms with Crippen molar-refractivity contribution < 1.29 is 27.5 Å². The maximum absolute atomic E-state index is 13.1. The lowest BCUT2D eigenvalue weighted by atomic mass is 9.89. The van der Waals surface area contributed by atoms with Gasteiger partial charge in [0.1, 0.15) is 11.3 Å². The van der Waals surface area contributed by atoms with Gasteiger partial charge in [-0.25, -0.2) is 13.2 Å². The van der Waals surface area contributed by atoms with Crippen molar-refractivity contribution in [2.75, 3.05) is 26.7 Å². The van der Waals surface area contributed by atoms with Crippen LogP contribution < -0.4 is 10.1 Å². The molecule has 2 fully saturated rings. The highest BCUT2D eigenvalue weighted by molar-refractivity contribution is 7.89. The SMILES string of the molecule is COc1ccc(S(=O)(=O)N2CCCCCC2)cc1C(=O)OC(C)C(=O)NCC1CCCCC1. The fourth-order valence-electron chi connectivity index (χ4n) is 4.50. The van der Waals surface area contributed by atoms with Gasteiger partial charge in [-0.2, -0.15) is 4.31 Å². The van der Waals surface area contributed by atoms with Gasteiger partial charge >= 0.3 is 5.97 Å². The van der Waals surface area contributed by atoms with Crippen molar-refractivity contribution >= 4 is 21.9 Å². The van der Waals surface area contributed by atoms with E-state index in [1.165, 1.54) is 55.8 Å². The molecule has 0 spiro atoms. The Morgan fingerprint density at radius 1 is 1.06 bits per heavy atom. The summed E-state index contributed by atoms with van der Waals surface area (Å²) in [7, 11) is -2.34. The molecule has 0 bridgehead atoms. The van der Waals surface area contributed by atoms with Crippen molar-refractivity contribution in [3.05, 3.63) is 23.8 Å². The van der Waals surface area contributed by atoms with Gasteiger partial charge in [-0.15, -0.1) is 0 Å². The smallest absolute Gasteiger partial charge is 0.342 e. The van der Waals surface area contributed by atoms with E-state index >= 15 is 0 Å².